The maximum absolute atomic E-state index is 5.82. The van der Waals surface area contributed by atoms with Crippen molar-refractivity contribution >= 4 is 11.6 Å². The second kappa shape index (κ2) is 8.82. The molecule has 5 heteroatoms. The van der Waals surface area contributed by atoms with Crippen molar-refractivity contribution in [2.24, 2.45) is 5.41 Å². The third-order valence-electron chi connectivity index (χ3n) is 3.43. The van der Waals surface area contributed by atoms with Crippen molar-refractivity contribution < 1.29 is 4.74 Å². The Labute approximate surface area is 128 Å². The Bertz CT molecular complexity index is 421. The number of nitrogens with two attached hydrogens (primary N) is 1. The van der Waals surface area contributed by atoms with Crippen LogP contribution in [0.5, 0.6) is 0 Å². The lowest BCUT2D eigenvalue weighted by Gasteiger charge is -2.25. The highest BCUT2D eigenvalue weighted by Gasteiger charge is 2.17. The van der Waals surface area contributed by atoms with E-state index in [9.17, 15) is 0 Å². The lowest BCUT2D eigenvalue weighted by molar-refractivity contribution is 0.128. The zero-order chi connectivity index (χ0) is 15.7. The van der Waals surface area contributed by atoms with Gasteiger partial charge < -0.3 is 15.8 Å². The molecule has 0 saturated heterocycles. The Hall–Kier alpha value is -1.36. The summed E-state index contributed by atoms with van der Waals surface area (Å²) >= 11 is 0. The van der Waals surface area contributed by atoms with Crippen molar-refractivity contribution in [3.05, 3.63) is 11.9 Å². The van der Waals surface area contributed by atoms with E-state index in [0.717, 1.165) is 12.4 Å². The van der Waals surface area contributed by atoms with Gasteiger partial charge in [0, 0.05) is 19.2 Å². The molecule has 0 amide bonds. The van der Waals surface area contributed by atoms with Crippen molar-refractivity contribution in [3.8, 4) is 0 Å². The van der Waals surface area contributed by atoms with Crippen molar-refractivity contribution in [2.75, 3.05) is 24.2 Å². The molecule has 0 fully saturated rings. The van der Waals surface area contributed by atoms with Gasteiger partial charge in [0.1, 0.15) is 18.2 Å². The molecule has 120 valence electrons. The van der Waals surface area contributed by atoms with Crippen molar-refractivity contribution in [1.82, 2.24) is 9.97 Å². The molecule has 1 rings (SSSR count). The number of aromatic nitrogens is 2. The first-order valence-electron chi connectivity index (χ1n) is 7.92. The minimum Gasteiger partial charge on any atom is -0.384 e. The molecule has 21 heavy (non-hydrogen) atoms. The van der Waals surface area contributed by atoms with Gasteiger partial charge >= 0.3 is 0 Å². The minimum absolute atomic E-state index is 0.245. The van der Waals surface area contributed by atoms with Crippen LogP contribution in [0.15, 0.2) is 6.07 Å². The van der Waals surface area contributed by atoms with Crippen LogP contribution < -0.4 is 11.1 Å². The van der Waals surface area contributed by atoms with Crippen LogP contribution in [-0.2, 0) is 11.3 Å². The number of ether oxygens (including phenoxy) is 1. The molecule has 0 unspecified atom stereocenters. The summed E-state index contributed by atoms with van der Waals surface area (Å²) in [6, 6.07) is 1.78. The normalized spacial score (nSPS) is 11.6. The fraction of sp³-hybridized carbons (Fsp3) is 0.750. The Morgan fingerprint density at radius 1 is 1.24 bits per heavy atom. The average molecular weight is 294 g/mol. The molecule has 0 aliphatic rings. The molecule has 0 aromatic carbocycles. The van der Waals surface area contributed by atoms with Crippen molar-refractivity contribution in [3.63, 3.8) is 0 Å². The van der Waals surface area contributed by atoms with Gasteiger partial charge in [-0.25, -0.2) is 9.97 Å². The van der Waals surface area contributed by atoms with Gasteiger partial charge in [0.2, 0.25) is 0 Å². The molecule has 0 aliphatic carbocycles. The molecule has 0 spiro atoms. The summed E-state index contributed by atoms with van der Waals surface area (Å²) < 4.78 is 5.33. The average Bonchev–Trinajstić information content (AvgIpc) is 2.43. The second-order valence-electron chi connectivity index (χ2n) is 6.21. The molecule has 0 atom stereocenters. The largest absolute Gasteiger partial charge is 0.384 e. The zero-order valence-corrected chi connectivity index (χ0v) is 13.9. The monoisotopic (exact) mass is 294 g/mol. The van der Waals surface area contributed by atoms with Crippen LogP contribution in [0.2, 0.25) is 0 Å². The lowest BCUT2D eigenvalue weighted by atomic mass is 9.87. The maximum atomic E-state index is 5.82. The van der Waals surface area contributed by atoms with E-state index in [0.29, 0.717) is 24.9 Å². The quantitative estimate of drug-likeness (QED) is 0.645. The number of nitrogen functional groups attached to an aromatic ring is 1. The van der Waals surface area contributed by atoms with Gasteiger partial charge in [-0.2, -0.15) is 0 Å². The van der Waals surface area contributed by atoms with Crippen LogP contribution in [0.3, 0.4) is 0 Å². The first kappa shape index (κ1) is 17.7. The summed E-state index contributed by atoms with van der Waals surface area (Å²) in [6.45, 7) is 10.7. The molecule has 0 aliphatic heterocycles. The summed E-state index contributed by atoms with van der Waals surface area (Å²) in [6.07, 6.45) is 5.03. The molecule has 1 aromatic rings. The summed E-state index contributed by atoms with van der Waals surface area (Å²) in [4.78, 5) is 8.62. The number of nitrogens with one attached hydrogen (secondary N) is 1. The summed E-state index contributed by atoms with van der Waals surface area (Å²) in [5.41, 5.74) is 6.07. The second-order valence-corrected chi connectivity index (χ2v) is 6.21. The standard InChI is InChI=1S/C16H30N4O/c1-5-7-8-9-16(3,4)12-18-14-10-13(17)19-15(20-14)11-21-6-2/h10H,5-9,11-12H2,1-4H3,(H3,17,18,19,20). The number of anilines is 2. The molecular weight excluding hydrogens is 264 g/mol. The number of nitrogens with zero attached hydrogens (tertiary/aromatic N) is 2. The number of unbranched alkanes of at least 4 members (excludes halogenated alkanes) is 2. The highest BCUT2D eigenvalue weighted by molar-refractivity contribution is 5.44. The Kier molecular flexibility index (Phi) is 7.43. The minimum atomic E-state index is 0.245. The first-order chi connectivity index (χ1) is 9.96. The highest BCUT2D eigenvalue weighted by atomic mass is 16.5. The van der Waals surface area contributed by atoms with Crippen LogP contribution in [0.1, 0.15) is 59.2 Å². The van der Waals surface area contributed by atoms with E-state index >= 15 is 0 Å². The van der Waals surface area contributed by atoms with Crippen LogP contribution >= 0.6 is 0 Å². The van der Waals surface area contributed by atoms with Gasteiger partial charge in [0.25, 0.3) is 0 Å². The van der Waals surface area contributed by atoms with Gasteiger partial charge in [0.05, 0.1) is 0 Å². The third kappa shape index (κ3) is 7.27. The summed E-state index contributed by atoms with van der Waals surface area (Å²) in [5, 5.41) is 3.38. The molecule has 3 N–H and O–H groups in total. The Morgan fingerprint density at radius 3 is 2.67 bits per heavy atom. The van der Waals surface area contributed by atoms with E-state index < -0.39 is 0 Å². The predicted octanol–water partition coefficient (Wildman–Crippen LogP) is 3.61. The van der Waals surface area contributed by atoms with Gasteiger partial charge in [-0.3, -0.25) is 0 Å². The fourth-order valence-corrected chi connectivity index (χ4v) is 2.14. The third-order valence-corrected chi connectivity index (χ3v) is 3.43. The summed E-state index contributed by atoms with van der Waals surface area (Å²) in [7, 11) is 0. The van der Waals surface area contributed by atoms with Crippen LogP contribution in [0.25, 0.3) is 0 Å². The smallest absolute Gasteiger partial charge is 0.158 e. The van der Waals surface area contributed by atoms with E-state index in [1.54, 1.807) is 6.07 Å². The van der Waals surface area contributed by atoms with Gasteiger partial charge in [-0.15, -0.1) is 0 Å². The van der Waals surface area contributed by atoms with Crippen molar-refractivity contribution in [1.29, 1.82) is 0 Å². The van der Waals surface area contributed by atoms with E-state index in [4.69, 9.17) is 10.5 Å². The molecule has 5 nitrogen and oxygen atoms in total. The summed E-state index contributed by atoms with van der Waals surface area (Å²) in [5.74, 6) is 1.88. The maximum Gasteiger partial charge on any atom is 0.158 e. The van der Waals surface area contributed by atoms with E-state index in [-0.39, 0.29) is 5.41 Å². The number of hydrogen-bond donors (Lipinski definition) is 2. The molecular formula is C16H30N4O. The van der Waals surface area contributed by atoms with Crippen LogP contribution in [-0.4, -0.2) is 23.1 Å². The number of rotatable bonds is 10. The van der Waals surface area contributed by atoms with Crippen molar-refractivity contribution in [2.45, 2.75) is 60.0 Å². The Balaban J connectivity index is 2.55. The van der Waals surface area contributed by atoms with Crippen LogP contribution in [0, 0.1) is 5.41 Å². The molecule has 0 bridgehead atoms. The lowest BCUT2D eigenvalue weighted by Crippen LogP contribution is -2.23. The van der Waals surface area contributed by atoms with E-state index in [2.05, 4.69) is 36.1 Å². The van der Waals surface area contributed by atoms with E-state index in [1.807, 2.05) is 6.92 Å². The SMILES string of the molecule is CCCCCC(C)(C)CNc1cc(N)nc(COCC)n1. The molecule has 1 aromatic heterocycles. The molecule has 1 heterocycles. The van der Waals surface area contributed by atoms with Crippen LogP contribution in [0.4, 0.5) is 11.6 Å². The topological polar surface area (TPSA) is 73.1 Å². The predicted molar refractivity (Wildman–Crippen MR) is 88.2 cm³/mol. The van der Waals surface area contributed by atoms with Gasteiger partial charge in [-0.05, 0) is 18.8 Å². The van der Waals surface area contributed by atoms with E-state index in [1.165, 1.54) is 25.7 Å². The molecule has 0 saturated carbocycles. The Morgan fingerprint density at radius 2 is 2.00 bits per heavy atom. The van der Waals surface area contributed by atoms with Gasteiger partial charge in [0.15, 0.2) is 5.82 Å². The highest BCUT2D eigenvalue weighted by Crippen LogP contribution is 2.24. The molecule has 0 radical (unpaired) electrons. The fourth-order valence-electron chi connectivity index (χ4n) is 2.14. The zero-order valence-electron chi connectivity index (χ0n) is 13.9. The number of hydrogen-bond acceptors (Lipinski definition) is 5. The first-order valence-corrected chi connectivity index (χ1v) is 7.92. The van der Waals surface area contributed by atoms with Gasteiger partial charge in [-0.1, -0.05) is 40.0 Å².